The van der Waals surface area contributed by atoms with Crippen LogP contribution in [0.2, 0.25) is 0 Å². The SMILES string of the molecule is Cc1cc(N(Cc2ccccc2)c2ccccc2)nc(NCCCN(C)C)n1. The number of anilines is 3. The number of aryl methyl sites for hydroxylation is 1. The molecule has 0 aliphatic carbocycles. The van der Waals surface area contributed by atoms with E-state index in [1.54, 1.807) is 0 Å². The highest BCUT2D eigenvalue weighted by molar-refractivity contribution is 5.61. The smallest absolute Gasteiger partial charge is 0.224 e. The lowest BCUT2D eigenvalue weighted by atomic mass is 10.2. The maximum absolute atomic E-state index is 4.81. The zero-order valence-corrected chi connectivity index (χ0v) is 17.0. The van der Waals surface area contributed by atoms with Gasteiger partial charge in [-0.05, 0) is 51.7 Å². The van der Waals surface area contributed by atoms with E-state index in [-0.39, 0.29) is 0 Å². The molecule has 1 N–H and O–H groups in total. The summed E-state index contributed by atoms with van der Waals surface area (Å²) in [5.41, 5.74) is 3.31. The van der Waals surface area contributed by atoms with Gasteiger partial charge in [-0.3, -0.25) is 0 Å². The van der Waals surface area contributed by atoms with Gasteiger partial charge in [0.1, 0.15) is 5.82 Å². The Balaban J connectivity index is 1.84. The van der Waals surface area contributed by atoms with Crippen LogP contribution in [0.1, 0.15) is 17.7 Å². The lowest BCUT2D eigenvalue weighted by Gasteiger charge is -2.25. The largest absolute Gasteiger partial charge is 0.354 e. The Kier molecular flexibility index (Phi) is 6.98. The summed E-state index contributed by atoms with van der Waals surface area (Å²) in [4.78, 5) is 13.8. The highest BCUT2D eigenvalue weighted by Gasteiger charge is 2.13. The Labute approximate surface area is 168 Å². The molecule has 5 heteroatoms. The molecule has 0 aliphatic rings. The molecular formula is C23H29N5. The van der Waals surface area contributed by atoms with E-state index in [4.69, 9.17) is 4.98 Å². The first-order valence-electron chi connectivity index (χ1n) is 9.72. The molecule has 0 aliphatic heterocycles. The van der Waals surface area contributed by atoms with Crippen molar-refractivity contribution in [3.63, 3.8) is 0 Å². The van der Waals surface area contributed by atoms with Crippen LogP contribution in [0.3, 0.4) is 0 Å². The summed E-state index contributed by atoms with van der Waals surface area (Å²) < 4.78 is 0. The average molecular weight is 376 g/mol. The first-order chi connectivity index (χ1) is 13.6. The summed E-state index contributed by atoms with van der Waals surface area (Å²) >= 11 is 0. The second kappa shape index (κ2) is 9.85. The molecule has 0 bridgehead atoms. The van der Waals surface area contributed by atoms with E-state index >= 15 is 0 Å². The minimum atomic E-state index is 0.683. The molecule has 3 aromatic rings. The zero-order chi connectivity index (χ0) is 19.8. The molecule has 0 radical (unpaired) electrons. The van der Waals surface area contributed by atoms with Gasteiger partial charge < -0.3 is 15.1 Å². The van der Waals surface area contributed by atoms with E-state index in [9.17, 15) is 0 Å². The second-order valence-electron chi connectivity index (χ2n) is 7.18. The molecule has 0 amide bonds. The average Bonchev–Trinajstić information content (AvgIpc) is 2.70. The molecule has 2 aromatic carbocycles. The number of nitrogens with one attached hydrogen (secondary N) is 1. The summed E-state index contributed by atoms with van der Waals surface area (Å²) in [7, 11) is 4.17. The summed E-state index contributed by atoms with van der Waals surface area (Å²) in [6.07, 6.45) is 1.05. The number of nitrogens with zero attached hydrogens (tertiary/aromatic N) is 4. The maximum Gasteiger partial charge on any atom is 0.224 e. The van der Waals surface area contributed by atoms with Crippen LogP contribution in [0, 0.1) is 6.92 Å². The summed E-state index contributed by atoms with van der Waals surface area (Å²) in [5.74, 6) is 1.58. The molecule has 146 valence electrons. The van der Waals surface area contributed by atoms with Gasteiger partial charge in [0, 0.05) is 30.5 Å². The van der Waals surface area contributed by atoms with Crippen LogP contribution in [0.4, 0.5) is 17.5 Å². The summed E-state index contributed by atoms with van der Waals surface area (Å²) in [6, 6.07) is 22.9. The Hall–Kier alpha value is -2.92. The minimum absolute atomic E-state index is 0.683. The third kappa shape index (κ3) is 5.79. The Bertz CT molecular complexity index is 849. The molecule has 28 heavy (non-hydrogen) atoms. The van der Waals surface area contributed by atoms with Crippen molar-refractivity contribution < 1.29 is 0 Å². The van der Waals surface area contributed by atoms with Crippen molar-refractivity contribution in [1.82, 2.24) is 14.9 Å². The highest BCUT2D eigenvalue weighted by atomic mass is 15.2. The molecule has 0 fully saturated rings. The van der Waals surface area contributed by atoms with Crippen molar-refractivity contribution in [3.8, 4) is 0 Å². The zero-order valence-electron chi connectivity index (χ0n) is 17.0. The summed E-state index contributed by atoms with van der Waals surface area (Å²) in [6.45, 7) is 4.66. The highest BCUT2D eigenvalue weighted by Crippen LogP contribution is 2.27. The monoisotopic (exact) mass is 375 g/mol. The molecule has 3 rings (SSSR count). The number of hydrogen-bond acceptors (Lipinski definition) is 5. The standard InChI is InChI=1S/C23H29N5/c1-19-17-22(26-23(25-19)24-15-10-16-27(2)3)28(21-13-8-5-9-14-21)18-20-11-6-4-7-12-20/h4-9,11-14,17H,10,15-16,18H2,1-3H3,(H,24,25,26). The quantitative estimate of drug-likeness (QED) is 0.558. The fourth-order valence-corrected chi connectivity index (χ4v) is 3.04. The Morgan fingerprint density at radius 2 is 1.57 bits per heavy atom. The fourth-order valence-electron chi connectivity index (χ4n) is 3.04. The van der Waals surface area contributed by atoms with E-state index < -0.39 is 0 Å². The van der Waals surface area contributed by atoms with Gasteiger partial charge in [-0.25, -0.2) is 4.98 Å². The van der Waals surface area contributed by atoms with Crippen LogP contribution in [0.15, 0.2) is 66.7 Å². The van der Waals surface area contributed by atoms with Gasteiger partial charge >= 0.3 is 0 Å². The van der Waals surface area contributed by atoms with E-state index in [0.717, 1.165) is 43.3 Å². The van der Waals surface area contributed by atoms with Crippen LogP contribution in [0.25, 0.3) is 0 Å². The van der Waals surface area contributed by atoms with Crippen LogP contribution in [0.5, 0.6) is 0 Å². The first-order valence-corrected chi connectivity index (χ1v) is 9.72. The molecule has 0 saturated carbocycles. The molecule has 0 unspecified atom stereocenters. The Morgan fingerprint density at radius 3 is 2.25 bits per heavy atom. The van der Waals surface area contributed by atoms with Crippen LogP contribution in [-0.2, 0) is 6.54 Å². The van der Waals surface area contributed by atoms with E-state index in [0.29, 0.717) is 5.95 Å². The number of rotatable bonds is 9. The van der Waals surface area contributed by atoms with Crippen molar-refractivity contribution in [2.24, 2.45) is 0 Å². The van der Waals surface area contributed by atoms with Gasteiger partial charge in [0.25, 0.3) is 0 Å². The van der Waals surface area contributed by atoms with Crippen LogP contribution in [-0.4, -0.2) is 42.1 Å². The molecule has 0 saturated heterocycles. The normalized spacial score (nSPS) is 10.9. The van der Waals surface area contributed by atoms with Crippen LogP contribution >= 0.6 is 0 Å². The number of hydrogen-bond donors (Lipinski definition) is 1. The third-order valence-corrected chi connectivity index (χ3v) is 4.43. The van der Waals surface area contributed by atoms with Crippen molar-refractivity contribution in [2.75, 3.05) is 37.4 Å². The molecular weight excluding hydrogens is 346 g/mol. The van der Waals surface area contributed by atoms with E-state index in [2.05, 4.69) is 82.7 Å². The summed E-state index contributed by atoms with van der Waals surface area (Å²) in [5, 5.41) is 3.38. The third-order valence-electron chi connectivity index (χ3n) is 4.43. The van der Waals surface area contributed by atoms with Crippen LogP contribution < -0.4 is 10.2 Å². The van der Waals surface area contributed by atoms with Crippen molar-refractivity contribution >= 4 is 17.5 Å². The second-order valence-corrected chi connectivity index (χ2v) is 7.18. The molecule has 1 heterocycles. The van der Waals surface area contributed by atoms with E-state index in [1.807, 2.05) is 25.1 Å². The predicted octanol–water partition coefficient (Wildman–Crippen LogP) is 4.49. The molecule has 1 aromatic heterocycles. The maximum atomic E-state index is 4.81. The number of aromatic nitrogens is 2. The van der Waals surface area contributed by atoms with Gasteiger partial charge in [0.2, 0.25) is 5.95 Å². The fraction of sp³-hybridized carbons (Fsp3) is 0.304. The molecule has 0 atom stereocenters. The van der Waals surface area contributed by atoms with Gasteiger partial charge in [-0.15, -0.1) is 0 Å². The van der Waals surface area contributed by atoms with E-state index in [1.165, 1.54) is 5.56 Å². The minimum Gasteiger partial charge on any atom is -0.354 e. The molecule has 5 nitrogen and oxygen atoms in total. The van der Waals surface area contributed by atoms with Crippen molar-refractivity contribution in [3.05, 3.63) is 78.0 Å². The van der Waals surface area contributed by atoms with Gasteiger partial charge in [0.05, 0.1) is 0 Å². The predicted molar refractivity (Wildman–Crippen MR) is 117 cm³/mol. The first kappa shape index (κ1) is 19.8. The molecule has 0 spiro atoms. The lowest BCUT2D eigenvalue weighted by molar-refractivity contribution is 0.405. The van der Waals surface area contributed by atoms with Crippen molar-refractivity contribution in [1.29, 1.82) is 0 Å². The number of benzene rings is 2. The van der Waals surface area contributed by atoms with Gasteiger partial charge in [-0.1, -0.05) is 48.5 Å². The van der Waals surface area contributed by atoms with Gasteiger partial charge in [-0.2, -0.15) is 4.98 Å². The Morgan fingerprint density at radius 1 is 0.893 bits per heavy atom. The number of para-hydroxylation sites is 1. The topological polar surface area (TPSA) is 44.3 Å². The lowest BCUT2D eigenvalue weighted by Crippen LogP contribution is -2.20. The van der Waals surface area contributed by atoms with Crippen molar-refractivity contribution in [2.45, 2.75) is 19.9 Å². The van der Waals surface area contributed by atoms with Gasteiger partial charge in [0.15, 0.2) is 0 Å².